The molecule has 86 valence electrons. The zero-order valence-corrected chi connectivity index (χ0v) is 8.77. The highest BCUT2D eigenvalue weighted by molar-refractivity contribution is 5.95. The van der Waals surface area contributed by atoms with Gasteiger partial charge in [0.05, 0.1) is 11.8 Å². The second-order valence-corrected chi connectivity index (χ2v) is 3.69. The fourth-order valence-electron chi connectivity index (χ4n) is 1.63. The van der Waals surface area contributed by atoms with Crippen molar-refractivity contribution in [2.75, 3.05) is 18.5 Å². The second-order valence-electron chi connectivity index (χ2n) is 3.69. The van der Waals surface area contributed by atoms with Gasteiger partial charge in [-0.3, -0.25) is 4.79 Å². The third-order valence-electron chi connectivity index (χ3n) is 2.46. The Bertz CT molecular complexity index is 406. The number of aliphatic hydroxyl groups is 1. The van der Waals surface area contributed by atoms with Crippen molar-refractivity contribution in [3.05, 3.63) is 23.8 Å². The van der Waals surface area contributed by atoms with Gasteiger partial charge in [0.15, 0.2) is 6.61 Å². The van der Waals surface area contributed by atoms with Crippen LogP contribution in [0.2, 0.25) is 0 Å². The van der Waals surface area contributed by atoms with E-state index in [9.17, 15) is 9.90 Å². The Morgan fingerprint density at radius 3 is 3.12 bits per heavy atom. The maximum absolute atomic E-state index is 11.1. The summed E-state index contributed by atoms with van der Waals surface area (Å²) in [7, 11) is 0. The maximum Gasteiger partial charge on any atom is 0.262 e. The van der Waals surface area contributed by atoms with E-state index < -0.39 is 6.10 Å². The van der Waals surface area contributed by atoms with Crippen LogP contribution in [0.25, 0.3) is 0 Å². The highest BCUT2D eigenvalue weighted by atomic mass is 16.5. The van der Waals surface area contributed by atoms with Crippen LogP contribution in [0.3, 0.4) is 0 Å². The molecule has 2 rings (SSSR count). The summed E-state index contributed by atoms with van der Waals surface area (Å²) in [5, 5.41) is 12.4. The van der Waals surface area contributed by atoms with Crippen molar-refractivity contribution < 1.29 is 14.6 Å². The number of hydrogen-bond acceptors (Lipinski definition) is 4. The zero-order chi connectivity index (χ0) is 11.5. The van der Waals surface area contributed by atoms with Crippen molar-refractivity contribution in [1.82, 2.24) is 0 Å². The molecule has 0 aliphatic carbocycles. The zero-order valence-electron chi connectivity index (χ0n) is 8.77. The summed E-state index contributed by atoms with van der Waals surface area (Å²) >= 11 is 0. The minimum atomic E-state index is -0.603. The molecule has 1 aromatic carbocycles. The highest BCUT2D eigenvalue weighted by Crippen LogP contribution is 2.31. The maximum atomic E-state index is 11.1. The SMILES string of the molecule is NCCC(O)c1ccc2c(c1)NC(=O)CO2. The molecule has 1 aliphatic heterocycles. The van der Waals surface area contributed by atoms with Gasteiger partial charge in [-0.25, -0.2) is 0 Å². The van der Waals surface area contributed by atoms with Crippen LogP contribution in [0, 0.1) is 0 Å². The number of rotatable bonds is 3. The van der Waals surface area contributed by atoms with Gasteiger partial charge in [-0.05, 0) is 30.7 Å². The molecule has 0 saturated heterocycles. The summed E-state index contributed by atoms with van der Waals surface area (Å²) in [6.45, 7) is 0.457. The molecule has 0 bridgehead atoms. The number of amides is 1. The molecular weight excluding hydrogens is 208 g/mol. The third-order valence-corrected chi connectivity index (χ3v) is 2.46. The van der Waals surface area contributed by atoms with Crippen LogP contribution < -0.4 is 15.8 Å². The number of carbonyl (C=O) groups excluding carboxylic acids is 1. The average Bonchev–Trinajstić information content (AvgIpc) is 2.28. The number of nitrogens with two attached hydrogens (primary N) is 1. The molecule has 0 saturated carbocycles. The largest absolute Gasteiger partial charge is 0.482 e. The molecule has 16 heavy (non-hydrogen) atoms. The summed E-state index contributed by atoms with van der Waals surface area (Å²) in [6.07, 6.45) is -0.109. The number of benzene rings is 1. The van der Waals surface area contributed by atoms with Crippen LogP contribution in [-0.2, 0) is 4.79 Å². The van der Waals surface area contributed by atoms with Crippen LogP contribution in [0.1, 0.15) is 18.1 Å². The quantitative estimate of drug-likeness (QED) is 0.691. The first-order chi connectivity index (χ1) is 7.70. The topological polar surface area (TPSA) is 84.6 Å². The van der Waals surface area contributed by atoms with Crippen molar-refractivity contribution in [2.24, 2.45) is 5.73 Å². The van der Waals surface area contributed by atoms with E-state index in [1.807, 2.05) is 0 Å². The number of fused-ring (bicyclic) bond motifs is 1. The van der Waals surface area contributed by atoms with E-state index in [0.29, 0.717) is 24.4 Å². The number of anilines is 1. The van der Waals surface area contributed by atoms with Gasteiger partial charge in [0.2, 0.25) is 0 Å². The monoisotopic (exact) mass is 222 g/mol. The molecular formula is C11H14N2O3. The van der Waals surface area contributed by atoms with Gasteiger partial charge in [0, 0.05) is 0 Å². The smallest absolute Gasteiger partial charge is 0.262 e. The number of carbonyl (C=O) groups is 1. The van der Waals surface area contributed by atoms with E-state index in [4.69, 9.17) is 10.5 Å². The molecule has 1 amide bonds. The van der Waals surface area contributed by atoms with E-state index in [-0.39, 0.29) is 12.5 Å². The molecule has 1 heterocycles. The third kappa shape index (κ3) is 2.15. The van der Waals surface area contributed by atoms with Gasteiger partial charge in [0.1, 0.15) is 5.75 Å². The Labute approximate surface area is 93.2 Å². The Morgan fingerprint density at radius 2 is 2.38 bits per heavy atom. The lowest BCUT2D eigenvalue weighted by Crippen LogP contribution is -2.25. The van der Waals surface area contributed by atoms with E-state index in [1.165, 1.54) is 0 Å². The summed E-state index contributed by atoms with van der Waals surface area (Å²) in [4.78, 5) is 11.1. The molecule has 0 radical (unpaired) electrons. The molecule has 1 atom stereocenters. The predicted octanol–water partition coefficient (Wildman–Crippen LogP) is 0.400. The number of ether oxygens (including phenoxy) is 1. The minimum absolute atomic E-state index is 0.0394. The van der Waals surface area contributed by atoms with Gasteiger partial charge < -0.3 is 20.9 Å². The van der Waals surface area contributed by atoms with Crippen LogP contribution in [0.15, 0.2) is 18.2 Å². The predicted molar refractivity (Wildman–Crippen MR) is 59.2 cm³/mol. The normalized spacial score (nSPS) is 16.0. The van der Waals surface area contributed by atoms with Crippen molar-refractivity contribution in [3.8, 4) is 5.75 Å². The number of hydrogen-bond donors (Lipinski definition) is 3. The van der Waals surface area contributed by atoms with Gasteiger partial charge in [-0.1, -0.05) is 6.07 Å². The summed E-state index contributed by atoms with van der Waals surface area (Å²) in [5.41, 5.74) is 6.71. The molecule has 5 nitrogen and oxygen atoms in total. The molecule has 1 aromatic rings. The van der Waals surface area contributed by atoms with Crippen LogP contribution in [0.5, 0.6) is 5.75 Å². The lowest BCUT2D eigenvalue weighted by atomic mass is 10.1. The van der Waals surface area contributed by atoms with Crippen LogP contribution in [-0.4, -0.2) is 24.2 Å². The molecule has 0 fully saturated rings. The average molecular weight is 222 g/mol. The Kier molecular flexibility index (Phi) is 3.07. The Morgan fingerprint density at radius 1 is 1.56 bits per heavy atom. The molecule has 4 N–H and O–H groups in total. The first-order valence-corrected chi connectivity index (χ1v) is 5.15. The molecule has 5 heteroatoms. The number of nitrogens with one attached hydrogen (secondary N) is 1. The van der Waals surface area contributed by atoms with Gasteiger partial charge in [0.25, 0.3) is 5.91 Å². The van der Waals surface area contributed by atoms with Crippen LogP contribution in [0.4, 0.5) is 5.69 Å². The molecule has 0 aromatic heterocycles. The van der Waals surface area contributed by atoms with Crippen LogP contribution >= 0.6 is 0 Å². The Balaban J connectivity index is 2.24. The fourth-order valence-corrected chi connectivity index (χ4v) is 1.63. The van der Waals surface area contributed by atoms with Crippen molar-refractivity contribution in [3.63, 3.8) is 0 Å². The fraction of sp³-hybridized carbons (Fsp3) is 0.364. The standard InChI is InChI=1S/C11H14N2O3/c12-4-3-9(14)7-1-2-10-8(5-7)13-11(15)6-16-10/h1-2,5,9,14H,3-4,6,12H2,(H,13,15). The second kappa shape index (κ2) is 4.51. The van der Waals surface area contributed by atoms with E-state index >= 15 is 0 Å². The van der Waals surface area contributed by atoms with Crippen molar-refractivity contribution in [2.45, 2.75) is 12.5 Å². The van der Waals surface area contributed by atoms with E-state index in [2.05, 4.69) is 5.32 Å². The summed E-state index contributed by atoms with van der Waals surface area (Å²) in [5.74, 6) is 0.446. The first kappa shape index (κ1) is 10.9. The lowest BCUT2D eigenvalue weighted by Gasteiger charge is -2.19. The molecule has 1 unspecified atom stereocenters. The van der Waals surface area contributed by atoms with Crippen molar-refractivity contribution in [1.29, 1.82) is 0 Å². The van der Waals surface area contributed by atoms with Gasteiger partial charge >= 0.3 is 0 Å². The first-order valence-electron chi connectivity index (χ1n) is 5.15. The molecule has 1 aliphatic rings. The molecule has 0 spiro atoms. The van der Waals surface area contributed by atoms with E-state index in [1.54, 1.807) is 18.2 Å². The van der Waals surface area contributed by atoms with Gasteiger partial charge in [-0.15, -0.1) is 0 Å². The van der Waals surface area contributed by atoms with Gasteiger partial charge in [-0.2, -0.15) is 0 Å². The summed E-state index contributed by atoms with van der Waals surface area (Å²) < 4.78 is 5.21. The van der Waals surface area contributed by atoms with E-state index in [0.717, 1.165) is 5.56 Å². The number of aliphatic hydroxyl groups excluding tert-OH is 1. The minimum Gasteiger partial charge on any atom is -0.482 e. The lowest BCUT2D eigenvalue weighted by molar-refractivity contribution is -0.118. The highest BCUT2D eigenvalue weighted by Gasteiger charge is 2.17. The summed E-state index contributed by atoms with van der Waals surface area (Å²) in [6, 6.07) is 5.23. The van der Waals surface area contributed by atoms with Crippen molar-refractivity contribution >= 4 is 11.6 Å². The Hall–Kier alpha value is -1.59.